The third kappa shape index (κ3) is 4.09. The average Bonchev–Trinajstić information content (AvgIpc) is 3.35. The van der Waals surface area contributed by atoms with Gasteiger partial charge in [0.15, 0.2) is 0 Å². The van der Waals surface area contributed by atoms with E-state index in [1.807, 2.05) is 17.5 Å². The Labute approximate surface area is 177 Å². The Morgan fingerprint density at radius 2 is 1.86 bits per heavy atom. The van der Waals surface area contributed by atoms with Crippen LogP contribution >= 0.6 is 22.9 Å². The molecule has 0 saturated carbocycles. The van der Waals surface area contributed by atoms with E-state index in [0.29, 0.717) is 36.9 Å². The standard InChI is InChI=1S/C21H21ClN2O4S/c22-15-5-3-14(4-6-15)19(25)17-18(16-2-1-13-29-16)24(21(27)20(17)26)8-7-23-9-11-28-12-10-23/h1-6,13,18,25H,7-12H2/b19-17+/t18-/m0/s1. The predicted molar refractivity (Wildman–Crippen MR) is 112 cm³/mol. The molecular formula is C21H21ClN2O4S. The average molecular weight is 433 g/mol. The summed E-state index contributed by atoms with van der Waals surface area (Å²) in [6, 6.07) is 9.75. The molecule has 1 N–H and O–H groups in total. The number of ether oxygens (including phenoxy) is 1. The Balaban J connectivity index is 1.68. The number of nitrogens with zero attached hydrogens (tertiary/aromatic N) is 2. The number of benzene rings is 1. The monoisotopic (exact) mass is 432 g/mol. The minimum Gasteiger partial charge on any atom is -0.507 e. The largest absolute Gasteiger partial charge is 0.507 e. The van der Waals surface area contributed by atoms with Crippen molar-refractivity contribution in [3.8, 4) is 0 Å². The quantitative estimate of drug-likeness (QED) is 0.446. The molecule has 1 atom stereocenters. The van der Waals surface area contributed by atoms with E-state index in [0.717, 1.165) is 18.0 Å². The minimum atomic E-state index is -0.655. The molecule has 4 rings (SSSR count). The van der Waals surface area contributed by atoms with Gasteiger partial charge in [-0.15, -0.1) is 11.3 Å². The van der Waals surface area contributed by atoms with Crippen LogP contribution in [-0.2, 0) is 14.3 Å². The number of likely N-dealkylation sites (tertiary alicyclic amines) is 1. The maximum atomic E-state index is 12.9. The zero-order valence-electron chi connectivity index (χ0n) is 15.7. The highest BCUT2D eigenvalue weighted by molar-refractivity contribution is 7.10. The minimum absolute atomic E-state index is 0.127. The fourth-order valence-electron chi connectivity index (χ4n) is 3.69. The van der Waals surface area contributed by atoms with Crippen molar-refractivity contribution in [3.63, 3.8) is 0 Å². The van der Waals surface area contributed by atoms with E-state index in [9.17, 15) is 14.7 Å². The third-order valence-electron chi connectivity index (χ3n) is 5.23. The van der Waals surface area contributed by atoms with Gasteiger partial charge in [0, 0.05) is 41.6 Å². The molecule has 0 bridgehead atoms. The lowest BCUT2D eigenvalue weighted by molar-refractivity contribution is -0.140. The van der Waals surface area contributed by atoms with E-state index in [1.54, 1.807) is 29.2 Å². The normalized spacial score (nSPS) is 22.4. The lowest BCUT2D eigenvalue weighted by atomic mass is 10.00. The summed E-state index contributed by atoms with van der Waals surface area (Å²) in [4.78, 5) is 30.4. The summed E-state index contributed by atoms with van der Waals surface area (Å²) in [5.74, 6) is -1.41. The van der Waals surface area contributed by atoms with Crippen molar-refractivity contribution in [2.75, 3.05) is 39.4 Å². The first-order valence-electron chi connectivity index (χ1n) is 9.44. The first-order valence-corrected chi connectivity index (χ1v) is 10.7. The number of carbonyl (C=O) groups excluding carboxylic acids is 2. The van der Waals surface area contributed by atoms with Crippen LogP contribution in [-0.4, -0.2) is 66.0 Å². The smallest absolute Gasteiger partial charge is 0.295 e. The van der Waals surface area contributed by atoms with Gasteiger partial charge in [-0.3, -0.25) is 14.5 Å². The molecule has 152 valence electrons. The van der Waals surface area contributed by atoms with E-state index in [4.69, 9.17) is 16.3 Å². The van der Waals surface area contributed by atoms with Crippen LogP contribution < -0.4 is 0 Å². The van der Waals surface area contributed by atoms with Crippen molar-refractivity contribution in [2.24, 2.45) is 0 Å². The fourth-order valence-corrected chi connectivity index (χ4v) is 4.66. The summed E-state index contributed by atoms with van der Waals surface area (Å²) in [6.45, 7) is 4.01. The molecule has 0 radical (unpaired) electrons. The van der Waals surface area contributed by atoms with Gasteiger partial charge in [-0.25, -0.2) is 0 Å². The number of thiophene rings is 1. The predicted octanol–water partition coefficient (Wildman–Crippen LogP) is 3.16. The van der Waals surface area contributed by atoms with Gasteiger partial charge < -0.3 is 14.7 Å². The molecule has 2 saturated heterocycles. The zero-order valence-corrected chi connectivity index (χ0v) is 17.3. The molecule has 0 aliphatic carbocycles. The van der Waals surface area contributed by atoms with Crippen molar-refractivity contribution >= 4 is 40.4 Å². The Bertz CT molecular complexity index is 921. The first-order chi connectivity index (χ1) is 14.1. The van der Waals surface area contributed by atoms with Crippen LogP contribution in [0.2, 0.25) is 5.02 Å². The second-order valence-corrected chi connectivity index (χ2v) is 8.38. The Morgan fingerprint density at radius 3 is 2.52 bits per heavy atom. The number of morpholine rings is 1. The van der Waals surface area contributed by atoms with Crippen LogP contribution in [0.25, 0.3) is 5.76 Å². The van der Waals surface area contributed by atoms with E-state index < -0.39 is 17.7 Å². The number of halogens is 1. The summed E-state index contributed by atoms with van der Waals surface area (Å²) in [6.07, 6.45) is 0. The molecule has 2 fully saturated rings. The Hall–Kier alpha value is -2.19. The molecule has 6 nitrogen and oxygen atoms in total. The van der Waals surface area contributed by atoms with Gasteiger partial charge in [-0.2, -0.15) is 0 Å². The van der Waals surface area contributed by atoms with Crippen LogP contribution in [0.5, 0.6) is 0 Å². The van der Waals surface area contributed by atoms with Crippen molar-refractivity contribution in [3.05, 3.63) is 62.8 Å². The molecule has 2 aromatic rings. The van der Waals surface area contributed by atoms with Gasteiger partial charge >= 0.3 is 0 Å². The van der Waals surface area contributed by atoms with Gasteiger partial charge in [0.1, 0.15) is 5.76 Å². The molecule has 0 spiro atoms. The van der Waals surface area contributed by atoms with E-state index in [2.05, 4.69) is 4.90 Å². The molecule has 1 aromatic heterocycles. The van der Waals surface area contributed by atoms with Crippen LogP contribution in [0.3, 0.4) is 0 Å². The van der Waals surface area contributed by atoms with Crippen LogP contribution in [0, 0.1) is 0 Å². The van der Waals surface area contributed by atoms with Crippen molar-refractivity contribution in [1.29, 1.82) is 0 Å². The number of ketones is 1. The number of amides is 1. The summed E-state index contributed by atoms with van der Waals surface area (Å²) in [5, 5.41) is 13.4. The molecule has 8 heteroatoms. The molecule has 0 unspecified atom stereocenters. The number of carbonyl (C=O) groups is 2. The number of aliphatic hydroxyl groups is 1. The van der Waals surface area contributed by atoms with E-state index in [1.165, 1.54) is 11.3 Å². The second-order valence-electron chi connectivity index (χ2n) is 6.97. The summed E-state index contributed by atoms with van der Waals surface area (Å²) >= 11 is 7.40. The van der Waals surface area contributed by atoms with E-state index >= 15 is 0 Å². The highest BCUT2D eigenvalue weighted by atomic mass is 35.5. The summed E-state index contributed by atoms with van der Waals surface area (Å²) in [7, 11) is 0. The number of hydrogen-bond donors (Lipinski definition) is 1. The second kappa shape index (κ2) is 8.67. The van der Waals surface area contributed by atoms with Gasteiger partial charge in [0.25, 0.3) is 11.7 Å². The van der Waals surface area contributed by atoms with Gasteiger partial charge in [0.05, 0.1) is 24.8 Å². The Kier molecular flexibility index (Phi) is 6.01. The topological polar surface area (TPSA) is 70.1 Å². The highest BCUT2D eigenvalue weighted by Crippen LogP contribution is 2.41. The molecule has 3 heterocycles. The number of aliphatic hydroxyl groups excluding tert-OH is 1. The van der Waals surface area contributed by atoms with Crippen LogP contribution in [0.15, 0.2) is 47.4 Å². The molecular weight excluding hydrogens is 412 g/mol. The molecule has 2 aliphatic rings. The molecule has 29 heavy (non-hydrogen) atoms. The SMILES string of the molecule is O=C1C(=O)N(CCN2CCOCC2)[C@@H](c2cccs2)/C1=C(\O)c1ccc(Cl)cc1. The summed E-state index contributed by atoms with van der Waals surface area (Å²) in [5.41, 5.74) is 0.587. The highest BCUT2D eigenvalue weighted by Gasteiger charge is 2.46. The zero-order chi connectivity index (χ0) is 20.4. The molecule has 1 aromatic carbocycles. The van der Waals surface area contributed by atoms with Gasteiger partial charge in [-0.05, 0) is 35.7 Å². The number of rotatable bonds is 5. The maximum Gasteiger partial charge on any atom is 0.295 e. The number of hydrogen-bond acceptors (Lipinski definition) is 6. The first kappa shape index (κ1) is 20.1. The van der Waals surface area contributed by atoms with Gasteiger partial charge in [0.2, 0.25) is 0 Å². The lowest BCUT2D eigenvalue weighted by Gasteiger charge is -2.30. The number of Topliss-reactive ketones (excluding diaryl/α,β-unsaturated/α-hetero) is 1. The lowest BCUT2D eigenvalue weighted by Crippen LogP contribution is -2.42. The Morgan fingerprint density at radius 1 is 1.14 bits per heavy atom. The third-order valence-corrected chi connectivity index (χ3v) is 6.41. The molecule has 1 amide bonds. The van der Waals surface area contributed by atoms with Crippen molar-refractivity contribution in [2.45, 2.75) is 6.04 Å². The van der Waals surface area contributed by atoms with Crippen molar-refractivity contribution < 1.29 is 19.4 Å². The molecule has 2 aliphatic heterocycles. The van der Waals surface area contributed by atoms with Crippen molar-refractivity contribution in [1.82, 2.24) is 9.80 Å². The maximum absolute atomic E-state index is 12.9. The van der Waals surface area contributed by atoms with E-state index in [-0.39, 0.29) is 11.3 Å². The van der Waals surface area contributed by atoms with Gasteiger partial charge in [-0.1, -0.05) is 17.7 Å². The van der Waals surface area contributed by atoms with Crippen LogP contribution in [0.4, 0.5) is 0 Å². The fraction of sp³-hybridized carbons (Fsp3) is 0.333. The van der Waals surface area contributed by atoms with Crippen LogP contribution in [0.1, 0.15) is 16.5 Å². The summed E-state index contributed by atoms with van der Waals surface area (Å²) < 4.78 is 5.37.